The molecule has 1 aromatic rings. The lowest BCUT2D eigenvalue weighted by molar-refractivity contribution is -0.384. The van der Waals surface area contributed by atoms with Crippen LogP contribution in [-0.4, -0.2) is 11.2 Å². The van der Waals surface area contributed by atoms with Gasteiger partial charge in [-0.2, -0.15) is 0 Å². The highest BCUT2D eigenvalue weighted by Gasteiger charge is 2.15. The highest BCUT2D eigenvalue weighted by atomic mass is 35.5. The molecule has 4 nitrogen and oxygen atoms in total. The Labute approximate surface area is 83.2 Å². The summed E-state index contributed by atoms with van der Waals surface area (Å²) in [6, 6.07) is 2.21. The lowest BCUT2D eigenvalue weighted by Crippen LogP contribution is -1.91. The van der Waals surface area contributed by atoms with Crippen LogP contribution in [0.2, 0.25) is 10.0 Å². The van der Waals surface area contributed by atoms with Crippen LogP contribution in [0.25, 0.3) is 0 Å². The van der Waals surface area contributed by atoms with Gasteiger partial charge in [-0.15, -0.1) is 0 Å². The SMILES string of the molecule is O=Cc1cc(Cl)c([N+](=O)[O-])cc1Cl. The number of hydrogen-bond acceptors (Lipinski definition) is 3. The van der Waals surface area contributed by atoms with Gasteiger partial charge in [-0.1, -0.05) is 23.2 Å². The minimum Gasteiger partial charge on any atom is -0.298 e. The topological polar surface area (TPSA) is 60.2 Å². The van der Waals surface area contributed by atoms with Gasteiger partial charge in [0.25, 0.3) is 5.69 Å². The molecule has 0 bridgehead atoms. The standard InChI is InChI=1S/C7H3Cl2NO3/c8-5-2-7(10(12)13)6(9)1-4(5)3-11/h1-3H. The molecule has 0 atom stereocenters. The van der Waals surface area contributed by atoms with E-state index in [-0.39, 0.29) is 21.3 Å². The second-order valence-electron chi connectivity index (χ2n) is 2.20. The molecule has 68 valence electrons. The van der Waals surface area contributed by atoms with Gasteiger partial charge < -0.3 is 0 Å². The van der Waals surface area contributed by atoms with E-state index < -0.39 is 4.92 Å². The first-order valence-electron chi connectivity index (χ1n) is 3.15. The number of benzene rings is 1. The minimum absolute atomic E-state index is 0.0195. The fraction of sp³-hybridized carbons (Fsp3) is 0. The van der Waals surface area contributed by atoms with Crippen molar-refractivity contribution in [2.75, 3.05) is 0 Å². The maximum absolute atomic E-state index is 10.3. The molecular formula is C7H3Cl2NO3. The molecule has 6 heteroatoms. The van der Waals surface area contributed by atoms with Crippen LogP contribution in [0.15, 0.2) is 12.1 Å². The number of hydrogen-bond donors (Lipinski definition) is 0. The van der Waals surface area contributed by atoms with Crippen molar-refractivity contribution in [3.8, 4) is 0 Å². The Balaban J connectivity index is 3.36. The summed E-state index contributed by atoms with van der Waals surface area (Å²) in [6.45, 7) is 0. The Morgan fingerprint density at radius 3 is 2.38 bits per heavy atom. The molecule has 0 aliphatic carbocycles. The Kier molecular flexibility index (Phi) is 2.85. The third-order valence-electron chi connectivity index (χ3n) is 1.39. The molecule has 0 heterocycles. The van der Waals surface area contributed by atoms with Crippen molar-refractivity contribution in [3.05, 3.63) is 37.9 Å². The first-order chi connectivity index (χ1) is 6.06. The van der Waals surface area contributed by atoms with Crippen LogP contribution in [0.5, 0.6) is 0 Å². The van der Waals surface area contributed by atoms with Gasteiger partial charge in [0.15, 0.2) is 6.29 Å². The molecule has 0 radical (unpaired) electrons. The molecule has 0 aromatic heterocycles. The zero-order chi connectivity index (χ0) is 10.0. The number of aldehydes is 1. The van der Waals surface area contributed by atoms with E-state index in [1.165, 1.54) is 0 Å². The molecular weight excluding hydrogens is 217 g/mol. The Hall–Kier alpha value is -1.13. The van der Waals surface area contributed by atoms with Gasteiger partial charge in [-0.05, 0) is 6.07 Å². The van der Waals surface area contributed by atoms with E-state index in [1.807, 2.05) is 0 Å². The molecule has 0 saturated heterocycles. The van der Waals surface area contributed by atoms with Crippen molar-refractivity contribution in [1.29, 1.82) is 0 Å². The second-order valence-corrected chi connectivity index (χ2v) is 3.01. The first-order valence-corrected chi connectivity index (χ1v) is 3.90. The monoisotopic (exact) mass is 219 g/mol. The summed E-state index contributed by atoms with van der Waals surface area (Å²) < 4.78 is 0. The third kappa shape index (κ3) is 1.96. The average Bonchev–Trinajstić information content (AvgIpc) is 2.07. The summed E-state index contributed by atoms with van der Waals surface area (Å²) in [5.74, 6) is 0. The summed E-state index contributed by atoms with van der Waals surface area (Å²) in [6.07, 6.45) is 0.484. The summed E-state index contributed by atoms with van der Waals surface area (Å²) in [4.78, 5) is 20.0. The molecule has 0 fully saturated rings. The van der Waals surface area contributed by atoms with Gasteiger partial charge in [0.2, 0.25) is 0 Å². The van der Waals surface area contributed by atoms with Crippen molar-refractivity contribution in [3.63, 3.8) is 0 Å². The zero-order valence-electron chi connectivity index (χ0n) is 6.16. The number of nitrogens with zero attached hydrogens (tertiary/aromatic N) is 1. The predicted octanol–water partition coefficient (Wildman–Crippen LogP) is 2.71. The van der Waals surface area contributed by atoms with E-state index >= 15 is 0 Å². The van der Waals surface area contributed by atoms with E-state index in [4.69, 9.17) is 23.2 Å². The van der Waals surface area contributed by atoms with Gasteiger partial charge in [0.1, 0.15) is 5.02 Å². The maximum Gasteiger partial charge on any atom is 0.289 e. The average molecular weight is 220 g/mol. The van der Waals surface area contributed by atoms with Gasteiger partial charge in [0.05, 0.1) is 9.95 Å². The number of halogens is 2. The van der Waals surface area contributed by atoms with Crippen molar-refractivity contribution in [2.24, 2.45) is 0 Å². The Morgan fingerprint density at radius 1 is 1.31 bits per heavy atom. The summed E-state index contributed by atoms with van der Waals surface area (Å²) in [7, 11) is 0. The maximum atomic E-state index is 10.3. The molecule has 1 aromatic carbocycles. The van der Waals surface area contributed by atoms with Crippen LogP contribution in [0.1, 0.15) is 10.4 Å². The molecule has 0 N–H and O–H groups in total. The van der Waals surface area contributed by atoms with Crippen molar-refractivity contribution in [1.82, 2.24) is 0 Å². The lowest BCUT2D eigenvalue weighted by atomic mass is 10.2. The second kappa shape index (κ2) is 3.72. The van der Waals surface area contributed by atoms with E-state index in [2.05, 4.69) is 0 Å². The Bertz CT molecular complexity index is 378. The molecule has 0 spiro atoms. The van der Waals surface area contributed by atoms with E-state index in [0.717, 1.165) is 12.1 Å². The van der Waals surface area contributed by atoms with Crippen LogP contribution in [0, 0.1) is 10.1 Å². The molecule has 13 heavy (non-hydrogen) atoms. The van der Waals surface area contributed by atoms with Crippen LogP contribution < -0.4 is 0 Å². The number of carbonyl (C=O) groups excluding carboxylic acids is 1. The highest BCUT2D eigenvalue weighted by molar-refractivity contribution is 6.36. The van der Waals surface area contributed by atoms with Crippen LogP contribution in [0.4, 0.5) is 5.69 Å². The number of nitro groups is 1. The summed E-state index contributed by atoms with van der Waals surface area (Å²) in [5, 5.41) is 10.3. The molecule has 0 unspecified atom stereocenters. The van der Waals surface area contributed by atoms with Gasteiger partial charge in [-0.25, -0.2) is 0 Å². The van der Waals surface area contributed by atoms with Gasteiger partial charge in [0, 0.05) is 11.6 Å². The van der Waals surface area contributed by atoms with Gasteiger partial charge in [-0.3, -0.25) is 14.9 Å². The third-order valence-corrected chi connectivity index (χ3v) is 2.02. The fourth-order valence-corrected chi connectivity index (χ4v) is 1.23. The zero-order valence-corrected chi connectivity index (χ0v) is 7.67. The quantitative estimate of drug-likeness (QED) is 0.437. The predicted molar refractivity (Wildman–Crippen MR) is 48.5 cm³/mol. The van der Waals surface area contributed by atoms with Crippen LogP contribution in [-0.2, 0) is 0 Å². The van der Waals surface area contributed by atoms with E-state index in [9.17, 15) is 14.9 Å². The highest BCUT2D eigenvalue weighted by Crippen LogP contribution is 2.29. The molecule has 1 rings (SSSR count). The van der Waals surface area contributed by atoms with Crippen LogP contribution in [0.3, 0.4) is 0 Å². The van der Waals surface area contributed by atoms with Crippen molar-refractivity contribution >= 4 is 35.2 Å². The molecule has 0 aliphatic rings. The van der Waals surface area contributed by atoms with Crippen molar-refractivity contribution in [2.45, 2.75) is 0 Å². The molecule has 0 amide bonds. The summed E-state index contributed by atoms with van der Waals surface area (Å²) in [5.41, 5.74) is -0.172. The van der Waals surface area contributed by atoms with E-state index in [1.54, 1.807) is 0 Å². The van der Waals surface area contributed by atoms with E-state index in [0.29, 0.717) is 6.29 Å². The largest absolute Gasteiger partial charge is 0.298 e. The number of rotatable bonds is 2. The smallest absolute Gasteiger partial charge is 0.289 e. The van der Waals surface area contributed by atoms with Crippen LogP contribution >= 0.6 is 23.2 Å². The first kappa shape index (κ1) is 9.95. The minimum atomic E-state index is -0.664. The Morgan fingerprint density at radius 2 is 1.92 bits per heavy atom. The summed E-state index contributed by atoms with van der Waals surface area (Å²) >= 11 is 11.1. The normalized spacial score (nSPS) is 9.69. The molecule has 0 saturated carbocycles. The lowest BCUT2D eigenvalue weighted by Gasteiger charge is -1.98. The van der Waals surface area contributed by atoms with Gasteiger partial charge >= 0.3 is 0 Å². The van der Waals surface area contributed by atoms with Crippen molar-refractivity contribution < 1.29 is 9.72 Å². The number of nitro benzene ring substituents is 1. The fourth-order valence-electron chi connectivity index (χ4n) is 0.782. The number of carbonyl (C=O) groups is 1. The molecule has 0 aliphatic heterocycles.